The Labute approximate surface area is 194 Å². The van der Waals surface area contributed by atoms with Crippen LogP contribution < -0.4 is 4.31 Å². The maximum absolute atomic E-state index is 14.8. The number of nitrogens with zero attached hydrogens (tertiary/aromatic N) is 1. The Hall–Kier alpha value is -2.64. The van der Waals surface area contributed by atoms with E-state index in [9.17, 15) is 18.0 Å². The Bertz CT molecular complexity index is 1100. The molecule has 3 aromatic rings. The van der Waals surface area contributed by atoms with E-state index in [0.717, 1.165) is 23.1 Å². The summed E-state index contributed by atoms with van der Waals surface area (Å²) in [6.07, 6.45) is 0.623. The van der Waals surface area contributed by atoms with E-state index in [1.165, 1.54) is 24.1 Å². The number of carboxylic acids is 1. The highest BCUT2D eigenvalue weighted by atomic mass is 35.5. The molecule has 1 unspecified atom stereocenters. The Morgan fingerprint density at radius 3 is 2.38 bits per heavy atom. The molecular formula is C24H21ClF3NO2S. The van der Waals surface area contributed by atoms with E-state index in [-0.39, 0.29) is 12.1 Å². The lowest BCUT2D eigenvalue weighted by Gasteiger charge is -2.32. The second-order valence-electron chi connectivity index (χ2n) is 7.23. The summed E-state index contributed by atoms with van der Waals surface area (Å²) in [6, 6.07) is 13.9. The standard InChI is InChI=1S/C24H21ClF3NO2S/c1-15(21-11-7-18(26)13-16(21)3-2-4-24(30)31)29(23-14-19(27)8-12-22(23)28)32-20-9-5-17(25)6-10-20/h5-15H,2-4H2,1H3,(H,30,31). The zero-order valence-corrected chi connectivity index (χ0v) is 18.8. The first-order valence-corrected chi connectivity index (χ1v) is 11.1. The van der Waals surface area contributed by atoms with E-state index in [0.29, 0.717) is 29.0 Å². The molecule has 1 atom stereocenters. The molecule has 168 valence electrons. The maximum atomic E-state index is 14.8. The molecule has 0 spiro atoms. The quantitative estimate of drug-likeness (QED) is 0.324. The van der Waals surface area contributed by atoms with E-state index < -0.39 is 29.5 Å². The van der Waals surface area contributed by atoms with Crippen LogP contribution in [0.4, 0.5) is 18.9 Å². The van der Waals surface area contributed by atoms with E-state index >= 15 is 0 Å². The van der Waals surface area contributed by atoms with E-state index in [4.69, 9.17) is 16.7 Å². The molecule has 0 aliphatic carbocycles. The number of aryl methyl sites for hydroxylation is 1. The minimum atomic E-state index is -0.933. The van der Waals surface area contributed by atoms with Crippen molar-refractivity contribution in [2.75, 3.05) is 4.31 Å². The normalized spacial score (nSPS) is 11.9. The van der Waals surface area contributed by atoms with Gasteiger partial charge in [0.2, 0.25) is 0 Å². The van der Waals surface area contributed by atoms with Gasteiger partial charge in [-0.05, 0) is 91.4 Å². The number of halogens is 4. The summed E-state index contributed by atoms with van der Waals surface area (Å²) in [5, 5.41) is 9.48. The highest BCUT2D eigenvalue weighted by Gasteiger charge is 2.24. The van der Waals surface area contributed by atoms with E-state index in [1.54, 1.807) is 41.6 Å². The number of hydrogen-bond acceptors (Lipinski definition) is 3. The van der Waals surface area contributed by atoms with Gasteiger partial charge in [0.25, 0.3) is 0 Å². The zero-order valence-electron chi connectivity index (χ0n) is 17.2. The van der Waals surface area contributed by atoms with E-state index in [2.05, 4.69) is 0 Å². The largest absolute Gasteiger partial charge is 0.481 e. The molecule has 0 amide bonds. The lowest BCUT2D eigenvalue weighted by Crippen LogP contribution is -2.22. The van der Waals surface area contributed by atoms with Crippen LogP contribution in [-0.4, -0.2) is 11.1 Å². The van der Waals surface area contributed by atoms with Crippen LogP contribution in [0.15, 0.2) is 65.6 Å². The monoisotopic (exact) mass is 479 g/mol. The molecule has 0 fully saturated rings. The second kappa shape index (κ2) is 10.8. The van der Waals surface area contributed by atoms with Gasteiger partial charge in [-0.3, -0.25) is 4.79 Å². The molecule has 0 bridgehead atoms. The molecule has 0 radical (unpaired) electrons. The number of carbonyl (C=O) groups is 1. The molecule has 8 heteroatoms. The summed E-state index contributed by atoms with van der Waals surface area (Å²) in [7, 11) is 0. The fourth-order valence-electron chi connectivity index (χ4n) is 3.36. The first-order valence-electron chi connectivity index (χ1n) is 9.92. The van der Waals surface area contributed by atoms with Crippen LogP contribution in [0.5, 0.6) is 0 Å². The van der Waals surface area contributed by atoms with Crippen molar-refractivity contribution in [1.29, 1.82) is 0 Å². The van der Waals surface area contributed by atoms with Crippen molar-refractivity contribution >= 4 is 35.2 Å². The van der Waals surface area contributed by atoms with Gasteiger partial charge in [0.1, 0.15) is 17.5 Å². The molecule has 3 nitrogen and oxygen atoms in total. The molecule has 0 heterocycles. The molecule has 1 N–H and O–H groups in total. The lowest BCUT2D eigenvalue weighted by molar-refractivity contribution is -0.137. The first kappa shape index (κ1) is 24.0. The summed E-state index contributed by atoms with van der Waals surface area (Å²) in [5.41, 5.74) is 1.36. The van der Waals surface area contributed by atoms with Gasteiger partial charge in [-0.2, -0.15) is 0 Å². The molecule has 32 heavy (non-hydrogen) atoms. The minimum absolute atomic E-state index is 0.0401. The van der Waals surface area contributed by atoms with Crippen LogP contribution >= 0.6 is 23.5 Å². The molecular weight excluding hydrogens is 459 g/mol. The van der Waals surface area contributed by atoms with Crippen LogP contribution in [0, 0.1) is 17.5 Å². The Morgan fingerprint density at radius 2 is 1.69 bits per heavy atom. The molecule has 3 rings (SSSR count). The number of benzene rings is 3. The average Bonchev–Trinajstić information content (AvgIpc) is 2.75. The number of hydrogen-bond donors (Lipinski definition) is 1. The molecule has 0 saturated heterocycles. The van der Waals surface area contributed by atoms with Gasteiger partial charge < -0.3 is 9.41 Å². The Balaban J connectivity index is 2.01. The summed E-state index contributed by atoms with van der Waals surface area (Å²) < 4.78 is 44.4. The van der Waals surface area contributed by atoms with Crippen molar-refractivity contribution in [3.63, 3.8) is 0 Å². The average molecular weight is 480 g/mol. The summed E-state index contributed by atoms with van der Waals surface area (Å²) in [5.74, 6) is -2.57. The molecule has 0 aliphatic heterocycles. The predicted molar refractivity (Wildman–Crippen MR) is 122 cm³/mol. The molecule has 0 saturated carbocycles. The fraction of sp³-hybridized carbons (Fsp3) is 0.208. The third-order valence-corrected chi connectivity index (χ3v) is 6.35. The smallest absolute Gasteiger partial charge is 0.303 e. The Morgan fingerprint density at radius 1 is 1.03 bits per heavy atom. The predicted octanol–water partition coefficient (Wildman–Crippen LogP) is 7.44. The number of anilines is 1. The summed E-state index contributed by atoms with van der Waals surface area (Å²) in [6.45, 7) is 1.81. The third-order valence-electron chi connectivity index (χ3n) is 4.91. The van der Waals surface area contributed by atoms with Crippen molar-refractivity contribution < 1.29 is 23.1 Å². The van der Waals surface area contributed by atoms with Crippen LogP contribution in [0.2, 0.25) is 5.02 Å². The SMILES string of the molecule is CC(c1ccc(F)cc1CCCC(=O)O)N(Sc1ccc(Cl)cc1)c1cc(F)ccc1F. The van der Waals surface area contributed by atoms with Gasteiger partial charge >= 0.3 is 5.97 Å². The van der Waals surface area contributed by atoms with Crippen molar-refractivity contribution in [3.05, 3.63) is 94.3 Å². The van der Waals surface area contributed by atoms with Crippen LogP contribution in [0.1, 0.15) is 36.9 Å². The maximum Gasteiger partial charge on any atom is 0.303 e. The number of carboxylic acid groups (broad SMARTS) is 1. The zero-order chi connectivity index (χ0) is 23.3. The van der Waals surface area contributed by atoms with Crippen molar-refractivity contribution in [2.45, 2.75) is 37.1 Å². The third kappa shape index (κ3) is 6.20. The topological polar surface area (TPSA) is 40.5 Å². The molecule has 3 aromatic carbocycles. The Kier molecular flexibility index (Phi) is 8.10. The van der Waals surface area contributed by atoms with Gasteiger partial charge in [0.15, 0.2) is 0 Å². The summed E-state index contributed by atoms with van der Waals surface area (Å²) in [4.78, 5) is 11.6. The molecule has 0 aromatic heterocycles. The van der Waals surface area contributed by atoms with Crippen molar-refractivity contribution in [3.8, 4) is 0 Å². The van der Waals surface area contributed by atoms with E-state index in [1.807, 2.05) is 0 Å². The highest BCUT2D eigenvalue weighted by molar-refractivity contribution is 8.00. The van der Waals surface area contributed by atoms with Gasteiger partial charge in [0, 0.05) is 22.4 Å². The van der Waals surface area contributed by atoms with Crippen LogP contribution in [0.3, 0.4) is 0 Å². The first-order chi connectivity index (χ1) is 15.2. The highest BCUT2D eigenvalue weighted by Crippen LogP contribution is 2.40. The second-order valence-corrected chi connectivity index (χ2v) is 8.72. The van der Waals surface area contributed by atoms with Gasteiger partial charge in [-0.15, -0.1) is 0 Å². The van der Waals surface area contributed by atoms with Crippen molar-refractivity contribution in [1.82, 2.24) is 0 Å². The molecule has 0 aliphatic rings. The van der Waals surface area contributed by atoms with Crippen LogP contribution in [-0.2, 0) is 11.2 Å². The lowest BCUT2D eigenvalue weighted by atomic mass is 9.96. The van der Waals surface area contributed by atoms with Gasteiger partial charge in [0.05, 0.1) is 11.7 Å². The summed E-state index contributed by atoms with van der Waals surface area (Å²) >= 11 is 7.16. The number of aliphatic carboxylic acids is 1. The van der Waals surface area contributed by atoms with Gasteiger partial charge in [-0.25, -0.2) is 13.2 Å². The van der Waals surface area contributed by atoms with Crippen molar-refractivity contribution in [2.24, 2.45) is 0 Å². The fourth-order valence-corrected chi connectivity index (χ4v) is 4.48. The van der Waals surface area contributed by atoms with Crippen LogP contribution in [0.25, 0.3) is 0 Å². The van der Waals surface area contributed by atoms with Gasteiger partial charge in [-0.1, -0.05) is 17.7 Å². The number of rotatable bonds is 9. The minimum Gasteiger partial charge on any atom is -0.481 e.